The second-order valence-corrected chi connectivity index (χ2v) is 7.85. The number of aromatic nitrogens is 2. The first kappa shape index (κ1) is 21.9. The lowest BCUT2D eigenvalue weighted by Gasteiger charge is -2.25. The lowest BCUT2D eigenvalue weighted by Crippen LogP contribution is -2.23. The predicted molar refractivity (Wildman–Crippen MR) is 103 cm³/mol. The third kappa shape index (κ3) is 5.82. The molecule has 0 radical (unpaired) electrons. The van der Waals surface area contributed by atoms with Crippen LogP contribution in [0.15, 0.2) is 18.2 Å². The first-order valence-electron chi connectivity index (χ1n) is 8.72. The fourth-order valence-electron chi connectivity index (χ4n) is 2.82. The number of nitrogens with zero attached hydrogens (tertiary/aromatic N) is 3. The van der Waals surface area contributed by atoms with Crippen LogP contribution in [0.3, 0.4) is 0 Å². The zero-order valence-electron chi connectivity index (χ0n) is 16.0. The number of carboxylic acids is 1. The summed E-state index contributed by atoms with van der Waals surface area (Å²) in [4.78, 5) is 16.5. The van der Waals surface area contributed by atoms with Gasteiger partial charge in [0.2, 0.25) is 11.0 Å². The van der Waals surface area contributed by atoms with E-state index in [0.29, 0.717) is 23.1 Å². The van der Waals surface area contributed by atoms with Crippen LogP contribution in [0.25, 0.3) is 0 Å². The third-order valence-electron chi connectivity index (χ3n) is 4.04. The van der Waals surface area contributed by atoms with E-state index in [9.17, 15) is 18.0 Å². The van der Waals surface area contributed by atoms with Gasteiger partial charge in [-0.05, 0) is 29.5 Å². The lowest BCUT2D eigenvalue weighted by atomic mass is 9.96. The molecule has 2 aromatic rings. The topological polar surface area (TPSA) is 78.4 Å². The van der Waals surface area contributed by atoms with Gasteiger partial charge in [-0.25, -0.2) is 0 Å². The normalized spacial score (nSPS) is 12.9. The summed E-state index contributed by atoms with van der Waals surface area (Å²) >= 11 is 0.626. The van der Waals surface area contributed by atoms with Crippen LogP contribution in [0.2, 0.25) is 0 Å². The first-order chi connectivity index (χ1) is 13.0. The van der Waals surface area contributed by atoms with E-state index in [1.807, 2.05) is 24.1 Å². The minimum absolute atomic E-state index is 0.0227. The quantitative estimate of drug-likeness (QED) is 0.633. The molecule has 2 rings (SSSR count). The molecule has 28 heavy (non-hydrogen) atoms. The molecule has 0 aliphatic rings. The molecule has 1 aromatic carbocycles. The number of benzene rings is 1. The van der Waals surface area contributed by atoms with Crippen LogP contribution in [0.5, 0.6) is 0 Å². The van der Waals surface area contributed by atoms with Gasteiger partial charge in [0.25, 0.3) is 0 Å². The van der Waals surface area contributed by atoms with Gasteiger partial charge in [0, 0.05) is 25.1 Å². The minimum atomic E-state index is -4.61. The number of hydrogen-bond donors (Lipinski definition) is 2. The summed E-state index contributed by atoms with van der Waals surface area (Å²) in [5.74, 6) is -1.97. The first-order valence-corrected chi connectivity index (χ1v) is 9.49. The standard InChI is InChI=1S/C18H23F3N4O2S/c1-10(2)9-25(4)14-6-5-12(11(3)7-15(26)27)8-13(14)22-17-23-16(24-28-17)18(19,20)21/h5-6,8,10-11H,7,9H2,1-4H3,(H,26,27)(H,22,23,24). The van der Waals surface area contributed by atoms with E-state index in [2.05, 4.69) is 28.5 Å². The molecule has 0 aliphatic heterocycles. The van der Waals surface area contributed by atoms with Crippen LogP contribution in [0, 0.1) is 5.92 Å². The molecule has 0 fully saturated rings. The Morgan fingerprint density at radius 1 is 1.32 bits per heavy atom. The predicted octanol–water partition coefficient (Wildman–Crippen LogP) is 4.97. The Bertz CT molecular complexity index is 823. The molecule has 0 saturated heterocycles. The molecule has 1 heterocycles. The van der Waals surface area contributed by atoms with E-state index in [-0.39, 0.29) is 17.5 Å². The van der Waals surface area contributed by atoms with Crippen molar-refractivity contribution in [2.75, 3.05) is 23.8 Å². The molecule has 1 aromatic heterocycles. The largest absolute Gasteiger partial charge is 0.481 e. The summed E-state index contributed by atoms with van der Waals surface area (Å²) < 4.78 is 41.7. The van der Waals surface area contributed by atoms with Gasteiger partial charge in [-0.3, -0.25) is 4.79 Å². The average molecular weight is 416 g/mol. The number of hydrogen-bond acceptors (Lipinski definition) is 6. The second kappa shape index (κ2) is 8.76. The highest BCUT2D eigenvalue weighted by Crippen LogP contribution is 2.35. The van der Waals surface area contributed by atoms with Crippen molar-refractivity contribution >= 4 is 34.0 Å². The van der Waals surface area contributed by atoms with E-state index in [1.54, 1.807) is 13.0 Å². The number of alkyl halides is 3. The van der Waals surface area contributed by atoms with Crippen molar-refractivity contribution in [1.29, 1.82) is 0 Å². The van der Waals surface area contributed by atoms with Crippen molar-refractivity contribution in [2.24, 2.45) is 5.92 Å². The van der Waals surface area contributed by atoms with Crippen molar-refractivity contribution in [3.05, 3.63) is 29.6 Å². The second-order valence-electron chi connectivity index (χ2n) is 7.10. The van der Waals surface area contributed by atoms with E-state index in [1.165, 1.54) is 0 Å². The van der Waals surface area contributed by atoms with Crippen molar-refractivity contribution in [3.8, 4) is 0 Å². The number of anilines is 3. The van der Waals surface area contributed by atoms with Gasteiger partial charge in [0.1, 0.15) is 0 Å². The number of nitrogens with one attached hydrogen (secondary N) is 1. The molecule has 1 atom stereocenters. The van der Waals surface area contributed by atoms with Crippen LogP contribution in [-0.2, 0) is 11.0 Å². The summed E-state index contributed by atoms with van der Waals surface area (Å²) in [6.07, 6.45) is -4.65. The lowest BCUT2D eigenvalue weighted by molar-refractivity contribution is -0.144. The molecular formula is C18H23F3N4O2S. The van der Waals surface area contributed by atoms with Gasteiger partial charge in [0.15, 0.2) is 0 Å². The maximum absolute atomic E-state index is 12.8. The monoisotopic (exact) mass is 416 g/mol. The highest BCUT2D eigenvalue weighted by Gasteiger charge is 2.36. The Labute approximate surface area is 165 Å². The molecule has 0 amide bonds. The van der Waals surface area contributed by atoms with Crippen LogP contribution in [-0.4, -0.2) is 34.0 Å². The summed E-state index contributed by atoms with van der Waals surface area (Å²) in [5, 5.41) is 12.0. The average Bonchev–Trinajstić information content (AvgIpc) is 3.02. The molecule has 2 N–H and O–H groups in total. The Hall–Kier alpha value is -2.36. The molecule has 0 bridgehead atoms. The summed E-state index contributed by atoms with van der Waals surface area (Å²) in [6.45, 7) is 6.65. The SMILES string of the molecule is CC(C)CN(C)c1ccc(C(C)CC(=O)O)cc1Nc1nc(C(F)(F)F)ns1. The van der Waals surface area contributed by atoms with Gasteiger partial charge in [-0.2, -0.15) is 22.5 Å². The maximum atomic E-state index is 12.8. The Balaban J connectivity index is 2.38. The van der Waals surface area contributed by atoms with Gasteiger partial charge in [-0.1, -0.05) is 26.8 Å². The maximum Gasteiger partial charge on any atom is 0.452 e. The fourth-order valence-corrected chi connectivity index (χ4v) is 3.42. The Morgan fingerprint density at radius 3 is 2.54 bits per heavy atom. The van der Waals surface area contributed by atoms with Gasteiger partial charge >= 0.3 is 12.1 Å². The summed E-state index contributed by atoms with van der Waals surface area (Å²) in [5.41, 5.74) is 2.11. The van der Waals surface area contributed by atoms with E-state index < -0.39 is 18.0 Å². The zero-order valence-corrected chi connectivity index (χ0v) is 16.9. The molecule has 0 aliphatic carbocycles. The molecule has 1 unspecified atom stereocenters. The number of carboxylic acid groups (broad SMARTS) is 1. The number of rotatable bonds is 8. The summed E-state index contributed by atoms with van der Waals surface area (Å²) in [6, 6.07) is 5.44. The Kier molecular flexibility index (Phi) is 6.87. The number of carbonyl (C=O) groups is 1. The van der Waals surface area contributed by atoms with Crippen LogP contribution < -0.4 is 10.2 Å². The highest BCUT2D eigenvalue weighted by molar-refractivity contribution is 7.09. The van der Waals surface area contributed by atoms with Crippen molar-refractivity contribution in [3.63, 3.8) is 0 Å². The molecule has 6 nitrogen and oxygen atoms in total. The van der Waals surface area contributed by atoms with Crippen LogP contribution >= 0.6 is 11.5 Å². The number of halogens is 3. The smallest absolute Gasteiger partial charge is 0.452 e. The van der Waals surface area contributed by atoms with Crippen molar-refractivity contribution < 1.29 is 23.1 Å². The van der Waals surface area contributed by atoms with Crippen molar-refractivity contribution in [1.82, 2.24) is 9.36 Å². The number of aliphatic carboxylic acids is 1. The van der Waals surface area contributed by atoms with Gasteiger partial charge in [-0.15, -0.1) is 0 Å². The molecule has 10 heteroatoms. The van der Waals surface area contributed by atoms with Crippen molar-refractivity contribution in [2.45, 2.75) is 39.3 Å². The minimum Gasteiger partial charge on any atom is -0.481 e. The van der Waals surface area contributed by atoms with Crippen LogP contribution in [0.4, 0.5) is 29.7 Å². The van der Waals surface area contributed by atoms with Gasteiger partial charge < -0.3 is 15.3 Å². The van der Waals surface area contributed by atoms with E-state index >= 15 is 0 Å². The molecule has 0 spiro atoms. The van der Waals surface area contributed by atoms with E-state index in [0.717, 1.165) is 17.8 Å². The highest BCUT2D eigenvalue weighted by atomic mass is 32.1. The van der Waals surface area contributed by atoms with Crippen LogP contribution in [0.1, 0.15) is 44.5 Å². The molecule has 0 saturated carbocycles. The van der Waals surface area contributed by atoms with E-state index in [4.69, 9.17) is 5.11 Å². The fraction of sp³-hybridized carbons (Fsp3) is 0.500. The third-order valence-corrected chi connectivity index (χ3v) is 4.67. The summed E-state index contributed by atoms with van der Waals surface area (Å²) in [7, 11) is 1.89. The zero-order chi connectivity index (χ0) is 21.1. The Morgan fingerprint density at radius 2 is 2.00 bits per heavy atom. The molecule has 154 valence electrons. The molecular weight excluding hydrogens is 393 g/mol. The van der Waals surface area contributed by atoms with Gasteiger partial charge in [0.05, 0.1) is 17.8 Å².